The van der Waals surface area contributed by atoms with Crippen molar-refractivity contribution >= 4 is 10.9 Å². The molecule has 1 atom stereocenters. The molecule has 7 aromatic carbocycles. The Morgan fingerprint density at radius 1 is 0.571 bits per heavy atom. The topological polar surface area (TPSA) is 39.9 Å². The Morgan fingerprint density at radius 2 is 1.18 bits per heavy atom. The monoisotopic (exact) mass is 717 g/mol. The largest absolute Gasteiger partial charge is 0.454 e. The van der Waals surface area contributed by atoms with Crippen LogP contribution in [0.2, 0.25) is 0 Å². The number of ether oxygens (including phenoxy) is 1. The number of hydrogen-bond donors (Lipinski definition) is 0. The molecule has 0 bridgehead atoms. The fraction of sp³-hybridized carbons (Fsp3) is 0.0769. The Balaban J connectivity index is 1.26. The quantitative estimate of drug-likeness (QED) is 0.183. The Kier molecular flexibility index (Phi) is 6.56. The van der Waals surface area contributed by atoms with Gasteiger partial charge < -0.3 is 4.74 Å². The molecular formula is C52H35N3O. The summed E-state index contributed by atoms with van der Waals surface area (Å²) in [4.78, 5) is 10.7. The van der Waals surface area contributed by atoms with Gasteiger partial charge in [0.2, 0.25) is 0 Å². The molecule has 4 nitrogen and oxygen atoms in total. The molecule has 2 aliphatic carbocycles. The summed E-state index contributed by atoms with van der Waals surface area (Å²) in [6.07, 6.45) is 0.960. The number of rotatable bonds is 3. The first-order chi connectivity index (χ1) is 27.7. The lowest BCUT2D eigenvalue weighted by Crippen LogP contribution is -2.32. The van der Waals surface area contributed by atoms with Crippen molar-refractivity contribution in [3.8, 4) is 62.3 Å². The van der Waals surface area contributed by atoms with Crippen LogP contribution in [0.1, 0.15) is 46.2 Å². The number of nitrogens with zero attached hydrogens (tertiary/aromatic N) is 3. The molecule has 9 aromatic rings. The molecule has 4 heteroatoms. The fourth-order valence-electron chi connectivity index (χ4n) is 10.1. The molecule has 0 saturated heterocycles. The van der Waals surface area contributed by atoms with Crippen LogP contribution >= 0.6 is 0 Å². The summed E-state index contributed by atoms with van der Waals surface area (Å²) in [6, 6.07) is 63.0. The number of fused-ring (bicyclic) bond motifs is 15. The van der Waals surface area contributed by atoms with Gasteiger partial charge in [-0.05, 0) is 51.8 Å². The zero-order valence-electron chi connectivity index (χ0n) is 30.8. The molecule has 2 aromatic heterocycles. The van der Waals surface area contributed by atoms with Crippen molar-refractivity contribution in [1.82, 2.24) is 14.5 Å². The van der Waals surface area contributed by atoms with E-state index in [4.69, 9.17) is 14.7 Å². The molecule has 0 fully saturated rings. The summed E-state index contributed by atoms with van der Waals surface area (Å²) in [5, 5.41) is 1.19. The van der Waals surface area contributed by atoms with E-state index in [1.54, 1.807) is 0 Å². The molecule has 56 heavy (non-hydrogen) atoms. The minimum Gasteiger partial charge on any atom is -0.454 e. The smallest absolute Gasteiger partial charge is 0.162 e. The van der Waals surface area contributed by atoms with E-state index in [2.05, 4.69) is 181 Å². The van der Waals surface area contributed by atoms with Crippen molar-refractivity contribution in [2.45, 2.75) is 24.7 Å². The molecule has 0 N–H and O–H groups in total. The maximum atomic E-state index is 7.34. The van der Waals surface area contributed by atoms with E-state index in [9.17, 15) is 0 Å². The Bertz CT molecular complexity index is 2950. The van der Waals surface area contributed by atoms with Gasteiger partial charge in [-0.25, -0.2) is 9.97 Å². The Morgan fingerprint density at radius 3 is 1.91 bits per heavy atom. The van der Waals surface area contributed by atoms with Crippen LogP contribution in [0.15, 0.2) is 176 Å². The third kappa shape index (κ3) is 4.18. The summed E-state index contributed by atoms with van der Waals surface area (Å²) in [6.45, 7) is 2.36. The molecule has 0 saturated carbocycles. The highest BCUT2D eigenvalue weighted by atomic mass is 16.5. The van der Waals surface area contributed by atoms with Gasteiger partial charge in [0.05, 0.1) is 22.3 Å². The third-order valence-corrected chi connectivity index (χ3v) is 12.3. The SMILES string of the molecule is CC1Cc2ccccc2-c2c1c1ccc3c(c1n2-c1cc(-c2ccccc2)nc(-c2ccccc2)n1)Oc1ccccc1C31c2ccccc2-c2ccccc21. The molecule has 264 valence electrons. The summed E-state index contributed by atoms with van der Waals surface area (Å²) in [5.41, 5.74) is 15.8. The molecule has 1 aliphatic heterocycles. The lowest BCUT2D eigenvalue weighted by molar-refractivity contribution is 0.440. The summed E-state index contributed by atoms with van der Waals surface area (Å²) in [7, 11) is 0. The van der Waals surface area contributed by atoms with Crippen molar-refractivity contribution in [2.24, 2.45) is 0 Å². The second kappa shape index (κ2) is 11.7. The van der Waals surface area contributed by atoms with Crippen LogP contribution in [-0.4, -0.2) is 14.5 Å². The Labute approximate surface area is 325 Å². The van der Waals surface area contributed by atoms with Crippen LogP contribution in [0.4, 0.5) is 0 Å². The van der Waals surface area contributed by atoms with Crippen LogP contribution in [0.5, 0.6) is 11.5 Å². The van der Waals surface area contributed by atoms with E-state index >= 15 is 0 Å². The second-order valence-corrected chi connectivity index (χ2v) is 15.3. The minimum absolute atomic E-state index is 0.267. The van der Waals surface area contributed by atoms with Gasteiger partial charge in [-0.1, -0.05) is 171 Å². The van der Waals surface area contributed by atoms with Crippen LogP contribution < -0.4 is 4.74 Å². The second-order valence-electron chi connectivity index (χ2n) is 15.3. The maximum absolute atomic E-state index is 7.34. The van der Waals surface area contributed by atoms with Gasteiger partial charge in [-0.2, -0.15) is 0 Å². The summed E-state index contributed by atoms with van der Waals surface area (Å²) in [5.74, 6) is 3.50. The van der Waals surface area contributed by atoms with Crippen molar-refractivity contribution in [3.05, 3.63) is 209 Å². The van der Waals surface area contributed by atoms with E-state index in [-0.39, 0.29) is 5.92 Å². The fourth-order valence-corrected chi connectivity index (χ4v) is 10.1. The number of aromatic nitrogens is 3. The highest BCUT2D eigenvalue weighted by Crippen LogP contribution is 2.64. The highest BCUT2D eigenvalue weighted by Gasteiger charge is 2.52. The molecule has 3 aliphatic rings. The summed E-state index contributed by atoms with van der Waals surface area (Å²) >= 11 is 0. The maximum Gasteiger partial charge on any atom is 0.162 e. The Hall–Kier alpha value is -7.04. The molecule has 0 radical (unpaired) electrons. The highest BCUT2D eigenvalue weighted by molar-refractivity contribution is 6.02. The van der Waals surface area contributed by atoms with Gasteiger partial charge in [0, 0.05) is 39.3 Å². The number of benzene rings is 7. The first-order valence-corrected chi connectivity index (χ1v) is 19.5. The van der Waals surface area contributed by atoms with Gasteiger partial charge in [0.1, 0.15) is 11.6 Å². The van der Waals surface area contributed by atoms with E-state index in [0.29, 0.717) is 5.82 Å². The number of hydrogen-bond acceptors (Lipinski definition) is 3. The standard InChI is InChI=1S/C52H35N3O/c1-32-30-35-20-8-9-21-36(35)48-47(32)39-28-29-43-50(49(39)55(48)46-31-44(33-16-4-2-5-17-33)53-51(54-46)34-18-6-3-7-19-34)56-45-27-15-14-26-42(45)52(43)40-24-12-10-22-37(40)38-23-11-13-25-41(38)52/h2-29,31-32H,30H2,1H3. The first-order valence-electron chi connectivity index (χ1n) is 19.5. The molecule has 3 heterocycles. The van der Waals surface area contributed by atoms with E-state index in [1.807, 2.05) is 6.07 Å². The van der Waals surface area contributed by atoms with E-state index in [1.165, 1.54) is 50.0 Å². The predicted octanol–water partition coefficient (Wildman–Crippen LogP) is 12.5. The van der Waals surface area contributed by atoms with Crippen molar-refractivity contribution in [3.63, 3.8) is 0 Å². The lowest BCUT2D eigenvalue weighted by atomic mass is 9.66. The first kappa shape index (κ1) is 31.3. The molecular weight excluding hydrogens is 683 g/mol. The number of para-hydroxylation sites is 1. The van der Waals surface area contributed by atoms with Gasteiger partial charge >= 0.3 is 0 Å². The average Bonchev–Trinajstić information content (AvgIpc) is 3.77. The van der Waals surface area contributed by atoms with Crippen LogP contribution in [0.25, 0.3) is 61.8 Å². The van der Waals surface area contributed by atoms with Crippen LogP contribution in [-0.2, 0) is 11.8 Å². The summed E-state index contributed by atoms with van der Waals surface area (Å²) < 4.78 is 9.75. The molecule has 0 amide bonds. The van der Waals surface area contributed by atoms with Gasteiger partial charge in [0.15, 0.2) is 11.6 Å². The van der Waals surface area contributed by atoms with E-state index in [0.717, 1.165) is 57.2 Å². The molecule has 1 unspecified atom stereocenters. The average molecular weight is 718 g/mol. The van der Waals surface area contributed by atoms with Crippen molar-refractivity contribution < 1.29 is 4.74 Å². The minimum atomic E-state index is -0.583. The van der Waals surface area contributed by atoms with E-state index < -0.39 is 5.41 Å². The normalized spacial score (nSPS) is 15.3. The third-order valence-electron chi connectivity index (χ3n) is 12.3. The van der Waals surface area contributed by atoms with Crippen molar-refractivity contribution in [1.29, 1.82) is 0 Å². The molecule has 1 spiro atoms. The van der Waals surface area contributed by atoms with Gasteiger partial charge in [0.25, 0.3) is 0 Å². The molecule has 12 rings (SSSR count). The van der Waals surface area contributed by atoms with Crippen LogP contribution in [0.3, 0.4) is 0 Å². The zero-order valence-corrected chi connectivity index (χ0v) is 30.8. The lowest BCUT2D eigenvalue weighted by Gasteiger charge is -2.39. The van der Waals surface area contributed by atoms with Gasteiger partial charge in [-0.3, -0.25) is 4.57 Å². The van der Waals surface area contributed by atoms with Crippen molar-refractivity contribution in [2.75, 3.05) is 0 Å². The van der Waals surface area contributed by atoms with Crippen LogP contribution in [0, 0.1) is 0 Å². The zero-order chi connectivity index (χ0) is 37.0. The predicted molar refractivity (Wildman–Crippen MR) is 225 cm³/mol. The van der Waals surface area contributed by atoms with Gasteiger partial charge in [-0.15, -0.1) is 0 Å².